The molecule has 4 rings (SSSR count). The number of piperidine rings is 1. The second-order valence-corrected chi connectivity index (χ2v) is 11.0. The Balaban J connectivity index is 0.000000244. The van der Waals surface area contributed by atoms with Gasteiger partial charge in [-0.25, -0.2) is 8.78 Å². The monoisotopic (exact) mass is 515 g/mol. The van der Waals surface area contributed by atoms with Gasteiger partial charge in [0.2, 0.25) is 0 Å². The molecule has 2 aliphatic heterocycles. The Morgan fingerprint density at radius 1 is 0.946 bits per heavy atom. The molecule has 2 aromatic carbocycles. The number of likely N-dealkylation sites (tertiary alicyclic amines) is 2. The van der Waals surface area contributed by atoms with Crippen LogP contribution < -0.4 is 5.32 Å². The number of nitrogens with zero attached hydrogens (tertiary/aromatic N) is 2. The molecule has 37 heavy (non-hydrogen) atoms. The van der Waals surface area contributed by atoms with Crippen LogP contribution in [0.15, 0.2) is 36.4 Å². The molecule has 2 saturated heterocycles. The van der Waals surface area contributed by atoms with E-state index in [0.717, 1.165) is 57.1 Å². The predicted molar refractivity (Wildman–Crippen MR) is 146 cm³/mol. The third kappa shape index (κ3) is 8.44. The highest BCUT2D eigenvalue weighted by atomic mass is 19.1. The van der Waals surface area contributed by atoms with E-state index in [1.807, 2.05) is 18.9 Å². The minimum atomic E-state index is -0.503. The maximum atomic E-state index is 13.7. The summed E-state index contributed by atoms with van der Waals surface area (Å²) < 4.78 is 26.5. The lowest BCUT2D eigenvalue weighted by atomic mass is 9.85. The van der Waals surface area contributed by atoms with Crippen LogP contribution in [0.2, 0.25) is 0 Å². The van der Waals surface area contributed by atoms with Gasteiger partial charge >= 0.3 is 0 Å². The Morgan fingerprint density at radius 2 is 1.57 bits per heavy atom. The van der Waals surface area contributed by atoms with Crippen LogP contribution in [-0.2, 0) is 4.79 Å². The first-order valence-corrected chi connectivity index (χ1v) is 13.0. The van der Waals surface area contributed by atoms with E-state index in [0.29, 0.717) is 11.5 Å². The smallest absolute Gasteiger partial charge is 0.251 e. The standard InChI is InChI=1S/C15H22N2O.C14H19F2N.CH2O/c1-11-4-5-13(15(18)16-2)14(10-11)12-6-8-17(3)9-7-12;1-14(2,3)17-7-6-10(9-17)12-5-4-11(15)8-13(12)16;1-2/h4-5,10,12H,6-9H2,1-3H3,(H,16,18);4-5,8,10H,6-7,9H2,1-3H3;1H2. The number of hydrogen-bond acceptors (Lipinski definition) is 4. The predicted octanol–water partition coefficient (Wildman–Crippen LogP) is 5.53. The fraction of sp³-hybridized carbons (Fsp3) is 0.533. The van der Waals surface area contributed by atoms with Crippen LogP contribution >= 0.6 is 0 Å². The van der Waals surface area contributed by atoms with E-state index in [1.54, 1.807) is 13.1 Å². The van der Waals surface area contributed by atoms with E-state index in [2.05, 4.69) is 55.9 Å². The molecule has 1 amide bonds. The van der Waals surface area contributed by atoms with Crippen LogP contribution in [0.4, 0.5) is 8.78 Å². The van der Waals surface area contributed by atoms with Crippen molar-refractivity contribution in [3.63, 3.8) is 0 Å². The number of rotatable bonds is 3. The molecule has 2 aliphatic rings. The Morgan fingerprint density at radius 3 is 2.11 bits per heavy atom. The summed E-state index contributed by atoms with van der Waals surface area (Å²) in [6.45, 7) is 14.6. The number of amides is 1. The number of hydrogen-bond donors (Lipinski definition) is 1. The number of nitrogens with one attached hydrogen (secondary N) is 1. The molecule has 0 bridgehead atoms. The van der Waals surface area contributed by atoms with E-state index >= 15 is 0 Å². The van der Waals surface area contributed by atoms with Crippen molar-refractivity contribution in [2.24, 2.45) is 0 Å². The zero-order valence-electron chi connectivity index (χ0n) is 23.2. The van der Waals surface area contributed by atoms with Gasteiger partial charge in [-0.1, -0.05) is 23.8 Å². The van der Waals surface area contributed by atoms with Gasteiger partial charge < -0.3 is 15.0 Å². The molecular formula is C30H43F2N3O2. The Bertz CT molecular complexity index is 1030. The molecule has 5 nitrogen and oxygen atoms in total. The Kier molecular flexibility index (Phi) is 11.4. The molecule has 0 aromatic heterocycles. The van der Waals surface area contributed by atoms with Crippen LogP contribution in [0.1, 0.15) is 78.9 Å². The fourth-order valence-electron chi connectivity index (χ4n) is 5.14. The average Bonchev–Trinajstić information content (AvgIpc) is 3.36. The van der Waals surface area contributed by atoms with Gasteiger partial charge in [-0.2, -0.15) is 0 Å². The highest BCUT2D eigenvalue weighted by molar-refractivity contribution is 5.95. The normalized spacial score (nSPS) is 18.9. The second-order valence-electron chi connectivity index (χ2n) is 11.0. The van der Waals surface area contributed by atoms with Gasteiger partial charge in [0.05, 0.1) is 0 Å². The van der Waals surface area contributed by atoms with Crippen molar-refractivity contribution >= 4 is 12.7 Å². The van der Waals surface area contributed by atoms with E-state index < -0.39 is 11.6 Å². The molecule has 0 radical (unpaired) electrons. The van der Waals surface area contributed by atoms with Crippen molar-refractivity contribution in [1.82, 2.24) is 15.1 Å². The summed E-state index contributed by atoms with van der Waals surface area (Å²) in [6.07, 6.45) is 3.23. The van der Waals surface area contributed by atoms with Crippen molar-refractivity contribution in [3.05, 3.63) is 70.3 Å². The van der Waals surface area contributed by atoms with Crippen molar-refractivity contribution in [1.29, 1.82) is 0 Å². The molecule has 7 heteroatoms. The first-order valence-electron chi connectivity index (χ1n) is 13.0. The van der Waals surface area contributed by atoms with Gasteiger partial charge in [-0.15, -0.1) is 0 Å². The summed E-state index contributed by atoms with van der Waals surface area (Å²) in [5.74, 6) is -0.171. The van der Waals surface area contributed by atoms with Crippen molar-refractivity contribution in [2.45, 2.75) is 64.3 Å². The molecule has 2 aromatic rings. The molecule has 2 fully saturated rings. The summed E-state index contributed by atoms with van der Waals surface area (Å²) in [5, 5.41) is 2.74. The van der Waals surface area contributed by atoms with Gasteiger partial charge in [0.1, 0.15) is 18.4 Å². The van der Waals surface area contributed by atoms with Gasteiger partial charge in [0.25, 0.3) is 5.91 Å². The van der Waals surface area contributed by atoms with Crippen molar-refractivity contribution in [3.8, 4) is 0 Å². The number of carbonyl (C=O) groups excluding carboxylic acids is 2. The summed E-state index contributed by atoms with van der Waals surface area (Å²) in [6, 6.07) is 10.1. The Labute approximate surface area is 221 Å². The fourth-order valence-corrected chi connectivity index (χ4v) is 5.14. The van der Waals surface area contributed by atoms with Crippen LogP contribution in [0.5, 0.6) is 0 Å². The molecular weight excluding hydrogens is 472 g/mol. The maximum absolute atomic E-state index is 13.7. The summed E-state index contributed by atoms with van der Waals surface area (Å²) >= 11 is 0. The molecule has 0 spiro atoms. The molecule has 1 atom stereocenters. The maximum Gasteiger partial charge on any atom is 0.251 e. The number of carbonyl (C=O) groups is 2. The lowest BCUT2D eigenvalue weighted by Gasteiger charge is -2.31. The summed E-state index contributed by atoms with van der Waals surface area (Å²) in [5.41, 5.74) is 4.07. The molecule has 0 saturated carbocycles. The number of aryl methyl sites for hydroxylation is 1. The average molecular weight is 516 g/mol. The lowest BCUT2D eigenvalue weighted by molar-refractivity contribution is -0.0980. The van der Waals surface area contributed by atoms with Crippen LogP contribution in [-0.4, -0.2) is 68.3 Å². The summed E-state index contributed by atoms with van der Waals surface area (Å²) in [4.78, 5) is 24.6. The van der Waals surface area contributed by atoms with Crippen LogP contribution in [0.25, 0.3) is 0 Å². The summed E-state index contributed by atoms with van der Waals surface area (Å²) in [7, 11) is 3.85. The third-order valence-corrected chi connectivity index (χ3v) is 7.38. The van der Waals surface area contributed by atoms with E-state index in [-0.39, 0.29) is 17.4 Å². The largest absolute Gasteiger partial charge is 0.355 e. The third-order valence-electron chi connectivity index (χ3n) is 7.38. The number of halogens is 2. The van der Waals surface area contributed by atoms with Gasteiger partial charge in [-0.05, 0) is 103 Å². The topological polar surface area (TPSA) is 52.7 Å². The highest BCUT2D eigenvalue weighted by Crippen LogP contribution is 2.33. The van der Waals surface area contributed by atoms with E-state index in [4.69, 9.17) is 4.79 Å². The van der Waals surface area contributed by atoms with Crippen LogP contribution in [0, 0.1) is 18.6 Å². The molecule has 1 N–H and O–H groups in total. The van der Waals surface area contributed by atoms with Gasteiger partial charge in [0, 0.05) is 36.7 Å². The zero-order chi connectivity index (χ0) is 27.8. The molecule has 1 unspecified atom stereocenters. The first kappa shape index (κ1) is 30.6. The molecule has 2 heterocycles. The van der Waals surface area contributed by atoms with Crippen LogP contribution in [0.3, 0.4) is 0 Å². The minimum absolute atomic E-state index is 0.0314. The first-order chi connectivity index (χ1) is 17.5. The SMILES string of the molecule is C=O.CC(C)(C)N1CCC(c2ccc(F)cc2F)C1.CNC(=O)c1ccc(C)cc1C1CCN(C)CC1. The molecule has 204 valence electrons. The molecule has 0 aliphatic carbocycles. The quantitative estimate of drug-likeness (QED) is 0.584. The Hall–Kier alpha value is -2.64. The van der Waals surface area contributed by atoms with E-state index in [9.17, 15) is 13.6 Å². The highest BCUT2D eigenvalue weighted by Gasteiger charge is 2.32. The lowest BCUT2D eigenvalue weighted by Crippen LogP contribution is -2.39. The zero-order valence-corrected chi connectivity index (χ0v) is 23.2. The number of benzene rings is 2. The van der Waals surface area contributed by atoms with E-state index in [1.165, 1.54) is 17.2 Å². The van der Waals surface area contributed by atoms with Gasteiger partial charge in [0.15, 0.2) is 0 Å². The second kappa shape index (κ2) is 13.8. The minimum Gasteiger partial charge on any atom is -0.355 e. The van der Waals surface area contributed by atoms with Gasteiger partial charge in [-0.3, -0.25) is 9.69 Å². The van der Waals surface area contributed by atoms with Crippen molar-refractivity contribution < 1.29 is 18.4 Å². The van der Waals surface area contributed by atoms with Crippen molar-refractivity contribution in [2.75, 3.05) is 40.3 Å².